The Labute approximate surface area is 328 Å². The zero-order valence-corrected chi connectivity index (χ0v) is 32.6. The molecule has 56 heavy (non-hydrogen) atoms. The molecule has 2 unspecified atom stereocenters. The first-order valence-electron chi connectivity index (χ1n) is 20.0. The number of aliphatic imine (C=N–C) groups is 1. The predicted octanol–water partition coefficient (Wildman–Crippen LogP) is 7.66. The van der Waals surface area contributed by atoms with Crippen molar-refractivity contribution in [1.29, 1.82) is 0 Å². The number of H-pyrrole nitrogens is 1. The number of ether oxygens (including phenoxy) is 1. The molecule has 1 saturated heterocycles. The van der Waals surface area contributed by atoms with Crippen LogP contribution in [-0.2, 0) is 20.9 Å². The number of aromatic amines is 1. The first-order chi connectivity index (χ1) is 27.2. The van der Waals surface area contributed by atoms with Crippen LogP contribution in [-0.4, -0.2) is 63.2 Å². The summed E-state index contributed by atoms with van der Waals surface area (Å²) in [5.41, 5.74) is 9.66. The average molecular weight is 754 g/mol. The van der Waals surface area contributed by atoms with Crippen LogP contribution in [0.15, 0.2) is 84.2 Å². The van der Waals surface area contributed by atoms with E-state index in [1.54, 1.807) is 6.20 Å². The monoisotopic (exact) mass is 753 g/mol. The number of allylic oxidation sites excluding steroid dienone is 1. The van der Waals surface area contributed by atoms with Crippen LogP contribution >= 0.6 is 0 Å². The van der Waals surface area contributed by atoms with Gasteiger partial charge in [-0.1, -0.05) is 68.4 Å². The number of aryl methyl sites for hydroxylation is 1. The third-order valence-corrected chi connectivity index (χ3v) is 12.6. The number of aromatic nitrogens is 3. The van der Waals surface area contributed by atoms with Gasteiger partial charge in [-0.3, -0.25) is 19.6 Å². The van der Waals surface area contributed by atoms with Crippen LogP contribution in [0.5, 0.6) is 0 Å². The second-order valence-electron chi connectivity index (χ2n) is 16.2. The Hall–Kier alpha value is -5.58. The molecule has 2 aromatic heterocycles. The summed E-state index contributed by atoms with van der Waals surface area (Å²) in [6, 6.07) is 20.2. The lowest BCUT2D eigenvalue weighted by molar-refractivity contribution is -0.135. The summed E-state index contributed by atoms with van der Waals surface area (Å²) in [6.07, 6.45) is 10.9. The second kappa shape index (κ2) is 15.9. The summed E-state index contributed by atoms with van der Waals surface area (Å²) in [6.45, 7) is 6.93. The van der Waals surface area contributed by atoms with Crippen molar-refractivity contribution in [2.24, 2.45) is 34.6 Å². The molecule has 4 aromatic rings. The Morgan fingerprint density at radius 3 is 2.36 bits per heavy atom. The lowest BCUT2D eigenvalue weighted by Gasteiger charge is -2.30. The molecular formula is C45H51N7O4. The highest BCUT2D eigenvalue weighted by Crippen LogP contribution is 2.54. The van der Waals surface area contributed by atoms with Crippen LogP contribution in [0.4, 0.5) is 4.79 Å². The van der Waals surface area contributed by atoms with E-state index in [-0.39, 0.29) is 35.6 Å². The first kappa shape index (κ1) is 37.3. The first-order valence-corrected chi connectivity index (χ1v) is 20.0. The van der Waals surface area contributed by atoms with Crippen molar-refractivity contribution in [3.8, 4) is 22.4 Å². The quantitative estimate of drug-likeness (QED) is 0.144. The number of hydrogen-bond donors (Lipinski definition) is 3. The fraction of sp³-hybridized carbons (Fsp3) is 0.422. The topological polar surface area (TPSA) is 142 Å². The average Bonchev–Trinajstić information content (AvgIpc) is 4.08. The Morgan fingerprint density at radius 2 is 1.64 bits per heavy atom. The molecule has 2 aromatic carbocycles. The summed E-state index contributed by atoms with van der Waals surface area (Å²) in [5, 5.41) is 5.95. The van der Waals surface area contributed by atoms with E-state index in [4.69, 9.17) is 14.7 Å². The normalized spacial score (nSPS) is 23.2. The van der Waals surface area contributed by atoms with Gasteiger partial charge in [0.05, 0.1) is 25.0 Å². The number of pyridine rings is 1. The van der Waals surface area contributed by atoms with Crippen molar-refractivity contribution >= 4 is 29.2 Å². The number of nitrogens with one attached hydrogen (secondary N) is 3. The molecule has 2 saturated carbocycles. The number of alkyl carbamates (subject to hydrolysis) is 1. The second-order valence-corrected chi connectivity index (χ2v) is 16.2. The van der Waals surface area contributed by atoms with Gasteiger partial charge in [-0.05, 0) is 96.2 Å². The zero-order valence-electron chi connectivity index (χ0n) is 32.6. The Balaban J connectivity index is 0.888. The van der Waals surface area contributed by atoms with Crippen molar-refractivity contribution in [2.75, 3.05) is 13.7 Å². The van der Waals surface area contributed by atoms with Crippen LogP contribution in [0, 0.1) is 36.5 Å². The van der Waals surface area contributed by atoms with Crippen molar-refractivity contribution in [3.05, 3.63) is 102 Å². The number of carbonyl (C=O) groups is 3. The standard InChI is InChI=1S/C45H51N7O4/c1-26(2)41(51-45(55)56-4)44(54)52-20-6-8-38(52)42-48-25-37(50-42)31-15-13-29(14-16-31)28-9-11-30(12-10-28)35-22-36(47-24-35)39-32-17-18-33(21-32)40(39)43(53)49-23-34-7-5-19-46-27(34)3/h5,7,9-16,19,24-26,32-33,38-41H,6,8,17-18,20-23H2,1-4H3,(H,48,50)(H,49,53)(H,51,55)/t32?,33?,38-,39+,40-,41-/m0/s1. The van der Waals surface area contributed by atoms with E-state index >= 15 is 0 Å². The minimum Gasteiger partial charge on any atom is -0.453 e. The Kier molecular flexibility index (Phi) is 10.6. The molecule has 3 fully saturated rings. The number of hydrogen-bond acceptors (Lipinski definition) is 7. The van der Waals surface area contributed by atoms with Gasteiger partial charge in [-0.25, -0.2) is 9.78 Å². The van der Waals surface area contributed by atoms with E-state index in [0.29, 0.717) is 24.9 Å². The van der Waals surface area contributed by atoms with Gasteiger partial charge in [0.25, 0.3) is 0 Å². The van der Waals surface area contributed by atoms with Gasteiger partial charge in [0.1, 0.15) is 11.9 Å². The largest absolute Gasteiger partial charge is 0.453 e. The maximum absolute atomic E-state index is 13.6. The van der Waals surface area contributed by atoms with E-state index in [1.807, 2.05) is 50.2 Å². The smallest absolute Gasteiger partial charge is 0.407 e. The van der Waals surface area contributed by atoms with Gasteiger partial charge in [-0.15, -0.1) is 0 Å². The number of carbonyl (C=O) groups excluding carboxylic acids is 3. The molecule has 2 aliphatic heterocycles. The van der Waals surface area contributed by atoms with Crippen LogP contribution in [0.25, 0.3) is 28.0 Å². The number of imidazole rings is 1. The van der Waals surface area contributed by atoms with Crippen LogP contribution in [0.2, 0.25) is 0 Å². The van der Waals surface area contributed by atoms with Crippen LogP contribution in [0.1, 0.15) is 81.1 Å². The molecule has 0 radical (unpaired) electrons. The summed E-state index contributed by atoms with van der Waals surface area (Å²) in [7, 11) is 1.30. The number of fused-ring (bicyclic) bond motifs is 2. The molecule has 3 N–H and O–H groups in total. The molecule has 6 atom stereocenters. The maximum Gasteiger partial charge on any atom is 0.407 e. The van der Waals surface area contributed by atoms with E-state index in [2.05, 4.69) is 69.1 Å². The molecule has 4 heterocycles. The highest BCUT2D eigenvalue weighted by atomic mass is 16.5. The van der Waals surface area contributed by atoms with Crippen LogP contribution in [0.3, 0.4) is 0 Å². The third-order valence-electron chi connectivity index (χ3n) is 12.6. The summed E-state index contributed by atoms with van der Waals surface area (Å²) in [5.74, 6) is 1.83. The SMILES string of the molecule is COC(=O)N[C@H](C(=O)N1CCC[C@H]1c1ncc(-c2ccc(-c3ccc(C4=CN=C([C@H]5C6CCC(C6)[C@@H]5C(=O)NCc5cccnc5C)C4)cc3)cc2)[nH]1)C(C)C. The van der Waals surface area contributed by atoms with E-state index in [0.717, 1.165) is 82.8 Å². The van der Waals surface area contributed by atoms with Crippen LogP contribution < -0.4 is 10.6 Å². The molecule has 8 rings (SSSR count). The number of methoxy groups -OCH3 is 1. The minimum atomic E-state index is -0.673. The Bertz CT molecular complexity index is 2150. The number of likely N-dealkylation sites (tertiary alicyclic amines) is 1. The zero-order chi connectivity index (χ0) is 38.9. The van der Waals surface area contributed by atoms with Gasteiger partial charge >= 0.3 is 6.09 Å². The molecule has 4 aliphatic rings. The van der Waals surface area contributed by atoms with Crippen molar-refractivity contribution in [3.63, 3.8) is 0 Å². The van der Waals surface area contributed by atoms with Crippen molar-refractivity contribution in [2.45, 2.75) is 77.9 Å². The highest BCUT2D eigenvalue weighted by molar-refractivity contribution is 6.02. The lowest BCUT2D eigenvalue weighted by Crippen LogP contribution is -2.51. The molecule has 11 heteroatoms. The fourth-order valence-electron chi connectivity index (χ4n) is 9.54. The molecule has 11 nitrogen and oxygen atoms in total. The van der Waals surface area contributed by atoms with Crippen molar-refractivity contribution < 1.29 is 19.1 Å². The third kappa shape index (κ3) is 7.39. The van der Waals surface area contributed by atoms with E-state index in [9.17, 15) is 14.4 Å². The molecular weight excluding hydrogens is 703 g/mol. The van der Waals surface area contributed by atoms with Gasteiger partial charge in [0.2, 0.25) is 11.8 Å². The predicted molar refractivity (Wildman–Crippen MR) is 216 cm³/mol. The minimum absolute atomic E-state index is 0.0168. The van der Waals surface area contributed by atoms with Gasteiger partial charge in [0.15, 0.2) is 0 Å². The van der Waals surface area contributed by atoms with Gasteiger partial charge < -0.3 is 25.3 Å². The Morgan fingerprint density at radius 1 is 0.929 bits per heavy atom. The summed E-state index contributed by atoms with van der Waals surface area (Å²) < 4.78 is 4.77. The molecule has 0 spiro atoms. The molecule has 290 valence electrons. The lowest BCUT2D eigenvalue weighted by atomic mass is 9.75. The summed E-state index contributed by atoms with van der Waals surface area (Å²) >= 11 is 0. The molecule has 3 amide bonds. The van der Waals surface area contributed by atoms with Gasteiger partial charge in [-0.2, -0.15) is 0 Å². The van der Waals surface area contributed by atoms with Crippen molar-refractivity contribution in [1.82, 2.24) is 30.5 Å². The van der Waals surface area contributed by atoms with Gasteiger partial charge in [0, 0.05) is 55.1 Å². The van der Waals surface area contributed by atoms with E-state index in [1.165, 1.54) is 19.1 Å². The number of amides is 3. The van der Waals surface area contributed by atoms with E-state index < -0.39 is 12.1 Å². The molecule has 2 bridgehead atoms. The number of nitrogens with zero attached hydrogens (tertiary/aromatic N) is 4. The number of rotatable bonds is 11. The number of benzene rings is 2. The molecule has 2 aliphatic carbocycles. The fourth-order valence-corrected chi connectivity index (χ4v) is 9.54. The highest BCUT2D eigenvalue weighted by Gasteiger charge is 2.52. The maximum atomic E-state index is 13.6. The summed E-state index contributed by atoms with van der Waals surface area (Å²) in [4.78, 5) is 58.5.